The van der Waals surface area contributed by atoms with Crippen molar-refractivity contribution in [3.8, 4) is 28.4 Å². The van der Waals surface area contributed by atoms with Crippen LogP contribution in [0.3, 0.4) is 0 Å². The fraction of sp³-hybridized carbons (Fsp3) is 0.100. The van der Waals surface area contributed by atoms with Gasteiger partial charge >= 0.3 is 0 Å². The van der Waals surface area contributed by atoms with Crippen LogP contribution in [0.2, 0.25) is 10.0 Å². The Kier molecular flexibility index (Phi) is 5.49. The minimum atomic E-state index is -0.138. The Morgan fingerprint density at radius 1 is 0.920 bits per heavy atom. The van der Waals surface area contributed by atoms with E-state index < -0.39 is 0 Å². The number of rotatable bonds is 5. The van der Waals surface area contributed by atoms with Gasteiger partial charge in [-0.25, -0.2) is 0 Å². The molecule has 0 saturated carbocycles. The van der Waals surface area contributed by atoms with E-state index in [-0.39, 0.29) is 6.61 Å². The van der Waals surface area contributed by atoms with Crippen molar-refractivity contribution in [2.75, 3.05) is 7.11 Å². The van der Waals surface area contributed by atoms with Crippen LogP contribution in [0, 0.1) is 0 Å². The van der Waals surface area contributed by atoms with Crippen LogP contribution in [0.5, 0.6) is 17.2 Å². The van der Waals surface area contributed by atoms with Crippen LogP contribution in [-0.2, 0) is 6.61 Å². The Morgan fingerprint density at radius 3 is 2.20 bits per heavy atom. The van der Waals surface area contributed by atoms with Gasteiger partial charge in [0.2, 0.25) is 0 Å². The third-order valence-electron chi connectivity index (χ3n) is 3.72. The Balaban J connectivity index is 2.00. The summed E-state index contributed by atoms with van der Waals surface area (Å²) in [6.45, 7) is -0.138. The molecule has 0 atom stereocenters. The van der Waals surface area contributed by atoms with Gasteiger partial charge in [-0.15, -0.1) is 0 Å². The number of aliphatic hydroxyl groups excluding tert-OH is 1. The molecule has 1 N–H and O–H groups in total. The van der Waals surface area contributed by atoms with Crippen LogP contribution < -0.4 is 9.47 Å². The topological polar surface area (TPSA) is 38.7 Å². The summed E-state index contributed by atoms with van der Waals surface area (Å²) in [4.78, 5) is 0. The summed E-state index contributed by atoms with van der Waals surface area (Å²) in [7, 11) is 1.63. The minimum Gasteiger partial charge on any atom is -0.496 e. The zero-order valence-corrected chi connectivity index (χ0v) is 15.0. The lowest BCUT2D eigenvalue weighted by Crippen LogP contribution is -1.92. The van der Waals surface area contributed by atoms with E-state index in [1.54, 1.807) is 25.3 Å². The number of benzene rings is 3. The predicted octanol–water partition coefficient (Wildman–Crippen LogP) is 5.95. The molecule has 0 spiro atoms. The van der Waals surface area contributed by atoms with E-state index >= 15 is 0 Å². The first-order chi connectivity index (χ1) is 12.1. The first kappa shape index (κ1) is 17.6. The summed E-state index contributed by atoms with van der Waals surface area (Å²) in [5.74, 6) is 1.68. The molecule has 0 aliphatic heterocycles. The average molecular weight is 375 g/mol. The van der Waals surface area contributed by atoms with Gasteiger partial charge in [0.25, 0.3) is 0 Å². The maximum Gasteiger partial charge on any atom is 0.164 e. The van der Waals surface area contributed by atoms with Gasteiger partial charge in [0, 0.05) is 5.56 Å². The molecule has 0 aliphatic rings. The van der Waals surface area contributed by atoms with E-state index in [4.69, 9.17) is 32.7 Å². The SMILES string of the molecule is COc1ccc(Oc2c(Cl)cc(CO)cc2Cl)cc1-c1ccccc1. The van der Waals surface area contributed by atoms with Crippen molar-refractivity contribution in [3.63, 3.8) is 0 Å². The number of aliphatic hydroxyl groups is 1. The lowest BCUT2D eigenvalue weighted by molar-refractivity contribution is 0.281. The largest absolute Gasteiger partial charge is 0.496 e. The fourth-order valence-electron chi connectivity index (χ4n) is 2.51. The molecule has 3 nitrogen and oxygen atoms in total. The molecule has 3 rings (SSSR count). The smallest absolute Gasteiger partial charge is 0.164 e. The molecule has 0 aliphatic carbocycles. The highest BCUT2D eigenvalue weighted by atomic mass is 35.5. The molecule has 25 heavy (non-hydrogen) atoms. The van der Waals surface area contributed by atoms with Crippen molar-refractivity contribution in [1.29, 1.82) is 0 Å². The standard InChI is InChI=1S/C20H16Cl2O3/c1-24-19-8-7-15(11-16(19)14-5-3-2-4-6-14)25-20-17(21)9-13(12-23)10-18(20)22/h2-11,23H,12H2,1H3. The van der Waals surface area contributed by atoms with E-state index in [9.17, 15) is 5.11 Å². The second-order valence-electron chi connectivity index (χ2n) is 5.38. The number of ether oxygens (including phenoxy) is 2. The number of hydrogen-bond donors (Lipinski definition) is 1. The lowest BCUT2D eigenvalue weighted by Gasteiger charge is -2.14. The molecule has 3 aromatic carbocycles. The minimum absolute atomic E-state index is 0.138. The molecule has 0 unspecified atom stereocenters. The second-order valence-corrected chi connectivity index (χ2v) is 6.19. The Hall–Kier alpha value is -2.20. The van der Waals surface area contributed by atoms with Gasteiger partial charge in [-0.1, -0.05) is 53.5 Å². The molecule has 0 saturated heterocycles. The van der Waals surface area contributed by atoms with Gasteiger partial charge in [-0.3, -0.25) is 0 Å². The van der Waals surface area contributed by atoms with Gasteiger partial charge in [0.05, 0.1) is 23.8 Å². The van der Waals surface area contributed by atoms with Gasteiger partial charge in [-0.05, 0) is 41.5 Å². The van der Waals surface area contributed by atoms with Crippen molar-refractivity contribution in [2.24, 2.45) is 0 Å². The molecular formula is C20H16Cl2O3. The number of hydrogen-bond acceptors (Lipinski definition) is 3. The van der Waals surface area contributed by atoms with Gasteiger partial charge in [0.1, 0.15) is 11.5 Å². The molecule has 0 fully saturated rings. The summed E-state index contributed by atoms with van der Waals surface area (Å²) in [6, 6.07) is 18.6. The summed E-state index contributed by atoms with van der Waals surface area (Å²) in [6.07, 6.45) is 0. The third-order valence-corrected chi connectivity index (χ3v) is 4.28. The Labute approximate surface area is 156 Å². The van der Waals surface area contributed by atoms with Crippen LogP contribution in [0.4, 0.5) is 0 Å². The second kappa shape index (κ2) is 7.79. The quantitative estimate of drug-likeness (QED) is 0.599. The highest BCUT2D eigenvalue weighted by Gasteiger charge is 2.13. The molecule has 3 aromatic rings. The molecular weight excluding hydrogens is 359 g/mol. The zero-order chi connectivity index (χ0) is 17.8. The van der Waals surface area contributed by atoms with Gasteiger partial charge in [0.15, 0.2) is 5.75 Å². The first-order valence-corrected chi connectivity index (χ1v) is 8.38. The van der Waals surface area contributed by atoms with Crippen LogP contribution in [0.1, 0.15) is 5.56 Å². The van der Waals surface area contributed by atoms with E-state index in [1.165, 1.54) is 0 Å². The number of methoxy groups -OCH3 is 1. The fourth-order valence-corrected chi connectivity index (χ4v) is 3.12. The Morgan fingerprint density at radius 2 is 1.60 bits per heavy atom. The van der Waals surface area contributed by atoms with Crippen molar-refractivity contribution < 1.29 is 14.6 Å². The molecule has 128 valence electrons. The summed E-state index contributed by atoms with van der Waals surface area (Å²) in [5, 5.41) is 9.90. The van der Waals surface area contributed by atoms with Crippen molar-refractivity contribution >= 4 is 23.2 Å². The van der Waals surface area contributed by atoms with Crippen LogP contribution in [-0.4, -0.2) is 12.2 Å². The van der Waals surface area contributed by atoms with Gasteiger partial charge < -0.3 is 14.6 Å². The predicted molar refractivity (Wildman–Crippen MR) is 101 cm³/mol. The molecule has 0 heterocycles. The molecule has 5 heteroatoms. The van der Waals surface area contributed by atoms with E-state index in [0.29, 0.717) is 27.1 Å². The maximum absolute atomic E-state index is 9.22. The monoisotopic (exact) mass is 374 g/mol. The molecule has 0 bridgehead atoms. The zero-order valence-electron chi connectivity index (χ0n) is 13.5. The van der Waals surface area contributed by atoms with Crippen LogP contribution >= 0.6 is 23.2 Å². The average Bonchev–Trinajstić information content (AvgIpc) is 2.65. The van der Waals surface area contributed by atoms with Crippen LogP contribution in [0.15, 0.2) is 60.7 Å². The van der Waals surface area contributed by atoms with Crippen molar-refractivity contribution in [1.82, 2.24) is 0 Å². The molecule has 0 radical (unpaired) electrons. The van der Waals surface area contributed by atoms with Crippen LogP contribution in [0.25, 0.3) is 11.1 Å². The Bertz CT molecular complexity index is 856. The van der Waals surface area contributed by atoms with E-state index in [1.807, 2.05) is 42.5 Å². The first-order valence-electron chi connectivity index (χ1n) is 7.62. The van der Waals surface area contributed by atoms with Gasteiger partial charge in [-0.2, -0.15) is 0 Å². The van der Waals surface area contributed by atoms with E-state index in [0.717, 1.165) is 16.9 Å². The summed E-state index contributed by atoms with van der Waals surface area (Å²) >= 11 is 12.5. The summed E-state index contributed by atoms with van der Waals surface area (Å²) < 4.78 is 11.3. The lowest BCUT2D eigenvalue weighted by atomic mass is 10.0. The normalized spacial score (nSPS) is 10.6. The molecule has 0 aromatic heterocycles. The maximum atomic E-state index is 9.22. The number of halogens is 2. The highest BCUT2D eigenvalue weighted by Crippen LogP contribution is 2.40. The van der Waals surface area contributed by atoms with Crippen molar-refractivity contribution in [3.05, 3.63) is 76.3 Å². The summed E-state index contributed by atoms with van der Waals surface area (Å²) in [5.41, 5.74) is 2.54. The molecule has 0 amide bonds. The highest BCUT2D eigenvalue weighted by molar-refractivity contribution is 6.37. The van der Waals surface area contributed by atoms with E-state index in [2.05, 4.69) is 0 Å². The third kappa shape index (κ3) is 3.90. The van der Waals surface area contributed by atoms with Crippen molar-refractivity contribution in [2.45, 2.75) is 6.61 Å².